The van der Waals surface area contributed by atoms with Crippen LogP contribution in [-0.2, 0) is 6.54 Å². The van der Waals surface area contributed by atoms with E-state index in [0.717, 1.165) is 17.9 Å². The highest BCUT2D eigenvalue weighted by molar-refractivity contribution is 5.29. The molecule has 0 radical (unpaired) electrons. The van der Waals surface area contributed by atoms with Gasteiger partial charge in [0.2, 0.25) is 0 Å². The zero-order valence-electron chi connectivity index (χ0n) is 7.33. The maximum atomic E-state index is 8.49. The minimum Gasteiger partial charge on any atom is -0.384 e. The van der Waals surface area contributed by atoms with E-state index >= 15 is 0 Å². The Kier molecular flexibility index (Phi) is 2.89. The van der Waals surface area contributed by atoms with E-state index in [1.54, 1.807) is 0 Å². The second-order valence-electron chi connectivity index (χ2n) is 2.45. The van der Waals surface area contributed by atoms with Gasteiger partial charge < -0.3 is 5.11 Å². The van der Waals surface area contributed by atoms with Crippen LogP contribution in [0.5, 0.6) is 0 Å². The van der Waals surface area contributed by atoms with Gasteiger partial charge in [0.15, 0.2) is 0 Å². The van der Waals surface area contributed by atoms with Crippen molar-refractivity contribution < 1.29 is 5.11 Å². The molecule has 0 fully saturated rings. The predicted molar refractivity (Wildman–Crippen MR) is 46.6 cm³/mol. The molecule has 0 aromatic carbocycles. The molecule has 3 heteroatoms. The van der Waals surface area contributed by atoms with Crippen LogP contribution in [0.2, 0.25) is 0 Å². The summed E-state index contributed by atoms with van der Waals surface area (Å²) in [5.41, 5.74) is 1.82. The first-order chi connectivity index (χ1) is 5.77. The summed E-state index contributed by atoms with van der Waals surface area (Å²) in [4.78, 5) is 0. The Balaban J connectivity index is 2.96. The summed E-state index contributed by atoms with van der Waals surface area (Å²) in [6.07, 6.45) is 0. The van der Waals surface area contributed by atoms with Gasteiger partial charge in [0.05, 0.1) is 5.69 Å². The first-order valence-corrected chi connectivity index (χ1v) is 3.92. The lowest BCUT2D eigenvalue weighted by Gasteiger charge is -1.95. The molecule has 12 heavy (non-hydrogen) atoms. The molecule has 1 aromatic rings. The largest absolute Gasteiger partial charge is 0.384 e. The van der Waals surface area contributed by atoms with Gasteiger partial charge in [0.25, 0.3) is 0 Å². The van der Waals surface area contributed by atoms with Crippen LogP contribution in [0.4, 0.5) is 0 Å². The lowest BCUT2D eigenvalue weighted by atomic mass is 10.3. The molecular weight excluding hydrogens is 152 g/mol. The van der Waals surface area contributed by atoms with Crippen molar-refractivity contribution in [2.75, 3.05) is 6.61 Å². The molecule has 0 amide bonds. The van der Waals surface area contributed by atoms with Crippen molar-refractivity contribution in [2.24, 2.45) is 0 Å². The van der Waals surface area contributed by atoms with Crippen molar-refractivity contribution in [3.8, 4) is 11.8 Å². The third-order valence-corrected chi connectivity index (χ3v) is 1.50. The van der Waals surface area contributed by atoms with Crippen molar-refractivity contribution in [3.05, 3.63) is 17.5 Å². The molecule has 0 saturated carbocycles. The Morgan fingerprint density at radius 2 is 2.42 bits per heavy atom. The van der Waals surface area contributed by atoms with Crippen molar-refractivity contribution in [1.29, 1.82) is 0 Å². The molecule has 0 aliphatic rings. The molecular formula is C9H12N2O. The van der Waals surface area contributed by atoms with Gasteiger partial charge in [-0.2, -0.15) is 5.10 Å². The quantitative estimate of drug-likeness (QED) is 0.616. The van der Waals surface area contributed by atoms with Gasteiger partial charge in [0, 0.05) is 6.54 Å². The Hall–Kier alpha value is -1.27. The van der Waals surface area contributed by atoms with E-state index < -0.39 is 0 Å². The standard InChI is InChI=1S/C9H12N2O/c1-3-11-9(5-4-6-12)7-8(2)10-11/h7,12H,3,6H2,1-2H3. The van der Waals surface area contributed by atoms with E-state index in [2.05, 4.69) is 16.9 Å². The van der Waals surface area contributed by atoms with Crippen molar-refractivity contribution in [2.45, 2.75) is 20.4 Å². The fraction of sp³-hybridized carbons (Fsp3) is 0.444. The molecule has 1 rings (SSSR count). The third-order valence-electron chi connectivity index (χ3n) is 1.50. The average Bonchev–Trinajstić information content (AvgIpc) is 2.42. The molecule has 1 N–H and O–H groups in total. The van der Waals surface area contributed by atoms with Crippen molar-refractivity contribution in [1.82, 2.24) is 9.78 Å². The first kappa shape index (κ1) is 8.82. The SMILES string of the molecule is CCn1nc(C)cc1C#CCO. The number of aliphatic hydroxyl groups excluding tert-OH is 1. The fourth-order valence-corrected chi connectivity index (χ4v) is 1.02. The molecule has 64 valence electrons. The van der Waals surface area contributed by atoms with Crippen LogP contribution in [0, 0.1) is 18.8 Å². The van der Waals surface area contributed by atoms with Gasteiger partial charge in [-0.15, -0.1) is 0 Å². The summed E-state index contributed by atoms with van der Waals surface area (Å²) < 4.78 is 1.82. The molecule has 0 bridgehead atoms. The number of rotatable bonds is 1. The summed E-state index contributed by atoms with van der Waals surface area (Å²) >= 11 is 0. The van der Waals surface area contributed by atoms with Crippen LogP contribution >= 0.6 is 0 Å². The minimum atomic E-state index is -0.103. The number of aliphatic hydroxyl groups is 1. The lowest BCUT2D eigenvalue weighted by Crippen LogP contribution is -1.99. The Morgan fingerprint density at radius 3 is 3.00 bits per heavy atom. The Bertz CT molecular complexity index is 317. The Labute approximate surface area is 72.0 Å². The lowest BCUT2D eigenvalue weighted by molar-refractivity contribution is 0.350. The number of nitrogens with zero attached hydrogens (tertiary/aromatic N) is 2. The smallest absolute Gasteiger partial charge is 0.111 e. The van der Waals surface area contributed by atoms with E-state index in [1.807, 2.05) is 24.6 Å². The second-order valence-corrected chi connectivity index (χ2v) is 2.45. The molecule has 0 spiro atoms. The number of hydrogen-bond donors (Lipinski definition) is 1. The molecule has 0 atom stereocenters. The zero-order valence-corrected chi connectivity index (χ0v) is 7.33. The van der Waals surface area contributed by atoms with E-state index in [0.29, 0.717) is 0 Å². The first-order valence-electron chi connectivity index (χ1n) is 3.92. The van der Waals surface area contributed by atoms with E-state index in [-0.39, 0.29) is 6.61 Å². The zero-order chi connectivity index (χ0) is 8.97. The van der Waals surface area contributed by atoms with Crippen LogP contribution in [-0.4, -0.2) is 21.5 Å². The highest BCUT2D eigenvalue weighted by Crippen LogP contribution is 2.00. The monoisotopic (exact) mass is 164 g/mol. The Morgan fingerprint density at radius 1 is 1.67 bits per heavy atom. The van der Waals surface area contributed by atoms with Gasteiger partial charge in [-0.05, 0) is 25.8 Å². The molecule has 1 aromatic heterocycles. The van der Waals surface area contributed by atoms with Crippen molar-refractivity contribution in [3.63, 3.8) is 0 Å². The van der Waals surface area contributed by atoms with Crippen LogP contribution < -0.4 is 0 Å². The van der Waals surface area contributed by atoms with Gasteiger partial charge in [0.1, 0.15) is 12.3 Å². The van der Waals surface area contributed by atoms with E-state index in [9.17, 15) is 0 Å². The summed E-state index contributed by atoms with van der Waals surface area (Å²) in [6.45, 7) is 4.64. The summed E-state index contributed by atoms with van der Waals surface area (Å²) in [6, 6.07) is 1.91. The number of aromatic nitrogens is 2. The van der Waals surface area contributed by atoms with E-state index in [1.165, 1.54) is 0 Å². The summed E-state index contributed by atoms with van der Waals surface area (Å²) in [5.74, 6) is 5.43. The van der Waals surface area contributed by atoms with Crippen LogP contribution in [0.25, 0.3) is 0 Å². The molecule has 0 saturated heterocycles. The second kappa shape index (κ2) is 3.93. The van der Waals surface area contributed by atoms with Gasteiger partial charge in [-0.25, -0.2) is 0 Å². The molecule has 0 unspecified atom stereocenters. The maximum Gasteiger partial charge on any atom is 0.111 e. The number of aryl methyl sites for hydroxylation is 2. The van der Waals surface area contributed by atoms with Crippen LogP contribution in [0.15, 0.2) is 6.07 Å². The highest BCUT2D eigenvalue weighted by atomic mass is 16.2. The topological polar surface area (TPSA) is 38.0 Å². The molecule has 0 aliphatic carbocycles. The molecule has 3 nitrogen and oxygen atoms in total. The van der Waals surface area contributed by atoms with Crippen LogP contribution in [0.3, 0.4) is 0 Å². The number of hydrogen-bond acceptors (Lipinski definition) is 2. The maximum absolute atomic E-state index is 8.49. The van der Waals surface area contributed by atoms with Gasteiger partial charge in [-0.3, -0.25) is 4.68 Å². The fourth-order valence-electron chi connectivity index (χ4n) is 1.02. The third kappa shape index (κ3) is 1.86. The summed E-state index contributed by atoms with van der Waals surface area (Å²) in [5, 5.41) is 12.7. The average molecular weight is 164 g/mol. The normalized spacial score (nSPS) is 9.25. The summed E-state index contributed by atoms with van der Waals surface area (Å²) in [7, 11) is 0. The van der Waals surface area contributed by atoms with Gasteiger partial charge in [-0.1, -0.05) is 5.92 Å². The van der Waals surface area contributed by atoms with Crippen molar-refractivity contribution >= 4 is 0 Å². The van der Waals surface area contributed by atoms with E-state index in [4.69, 9.17) is 5.11 Å². The van der Waals surface area contributed by atoms with Gasteiger partial charge >= 0.3 is 0 Å². The predicted octanol–water partition coefficient (Wildman–Crippen LogP) is 0.555. The highest BCUT2D eigenvalue weighted by Gasteiger charge is 1.98. The molecule has 0 aliphatic heterocycles. The van der Waals surface area contributed by atoms with Crippen LogP contribution in [0.1, 0.15) is 18.3 Å². The minimum absolute atomic E-state index is 0.103. The molecule has 1 heterocycles.